The van der Waals surface area contributed by atoms with E-state index < -0.39 is 0 Å². The predicted molar refractivity (Wildman–Crippen MR) is 146 cm³/mol. The number of rotatable bonds is 2. The van der Waals surface area contributed by atoms with E-state index in [2.05, 4.69) is 103 Å². The third-order valence-electron chi connectivity index (χ3n) is 7.13. The fourth-order valence-electron chi connectivity index (χ4n) is 5.59. The Kier molecular flexibility index (Phi) is 4.13. The lowest BCUT2D eigenvalue weighted by Crippen LogP contribution is -1.89. The van der Waals surface area contributed by atoms with Crippen LogP contribution >= 0.6 is 0 Å². The molecular weight excluding hydrogens is 412 g/mol. The van der Waals surface area contributed by atoms with Crippen molar-refractivity contribution in [3.05, 3.63) is 115 Å². The minimum Gasteiger partial charge on any atom is -0.497 e. The fraction of sp³-hybridized carbons (Fsp3) is 0.0303. The standard InChI is InChI=1S/C33H22O/c1-34-23-17-14-21(15-18-23)22-16-19-27-26-10-4-6-12-29(26)32-28-11-5-2-8-24(28)25-9-3-7-13-30(25)33(32)31(27)20-22/h2-20H,1H3. The van der Waals surface area contributed by atoms with Crippen molar-refractivity contribution in [2.75, 3.05) is 7.11 Å². The lowest BCUT2D eigenvalue weighted by molar-refractivity contribution is 0.415. The molecule has 0 aliphatic carbocycles. The lowest BCUT2D eigenvalue weighted by Gasteiger charge is -2.17. The highest BCUT2D eigenvalue weighted by Crippen LogP contribution is 2.44. The van der Waals surface area contributed by atoms with Crippen molar-refractivity contribution in [3.63, 3.8) is 0 Å². The quantitative estimate of drug-likeness (QED) is 0.247. The van der Waals surface area contributed by atoms with E-state index in [9.17, 15) is 0 Å². The molecule has 7 aromatic rings. The smallest absolute Gasteiger partial charge is 0.118 e. The van der Waals surface area contributed by atoms with Crippen LogP contribution in [-0.4, -0.2) is 7.11 Å². The summed E-state index contributed by atoms with van der Waals surface area (Å²) in [4.78, 5) is 0. The van der Waals surface area contributed by atoms with Crippen LogP contribution in [0.1, 0.15) is 0 Å². The zero-order valence-corrected chi connectivity index (χ0v) is 18.9. The third-order valence-corrected chi connectivity index (χ3v) is 7.13. The van der Waals surface area contributed by atoms with Gasteiger partial charge in [-0.2, -0.15) is 0 Å². The van der Waals surface area contributed by atoms with Crippen molar-refractivity contribution in [1.82, 2.24) is 0 Å². The molecule has 0 unspecified atom stereocenters. The van der Waals surface area contributed by atoms with Crippen LogP contribution in [0.2, 0.25) is 0 Å². The first-order chi connectivity index (χ1) is 16.8. The minimum atomic E-state index is 0.874. The summed E-state index contributed by atoms with van der Waals surface area (Å²) >= 11 is 0. The van der Waals surface area contributed by atoms with Crippen molar-refractivity contribution >= 4 is 53.9 Å². The van der Waals surface area contributed by atoms with Gasteiger partial charge in [0.05, 0.1) is 7.11 Å². The van der Waals surface area contributed by atoms with Gasteiger partial charge in [-0.15, -0.1) is 0 Å². The van der Waals surface area contributed by atoms with Crippen molar-refractivity contribution in [3.8, 4) is 16.9 Å². The molecule has 34 heavy (non-hydrogen) atoms. The summed E-state index contributed by atoms with van der Waals surface area (Å²) in [6, 6.07) is 41.7. The summed E-state index contributed by atoms with van der Waals surface area (Å²) in [6.45, 7) is 0. The average Bonchev–Trinajstić information content (AvgIpc) is 2.92. The number of hydrogen-bond donors (Lipinski definition) is 0. The van der Waals surface area contributed by atoms with Crippen LogP contribution < -0.4 is 4.74 Å². The molecule has 0 saturated carbocycles. The Labute approximate surface area is 197 Å². The highest BCUT2D eigenvalue weighted by atomic mass is 16.5. The van der Waals surface area contributed by atoms with E-state index in [1.165, 1.54) is 65.0 Å². The van der Waals surface area contributed by atoms with E-state index in [1.54, 1.807) is 7.11 Å². The molecule has 0 atom stereocenters. The zero-order chi connectivity index (χ0) is 22.6. The highest BCUT2D eigenvalue weighted by molar-refractivity contribution is 6.39. The maximum Gasteiger partial charge on any atom is 0.118 e. The summed E-state index contributed by atoms with van der Waals surface area (Å²) in [7, 11) is 1.71. The summed E-state index contributed by atoms with van der Waals surface area (Å²) in [5.41, 5.74) is 2.40. The van der Waals surface area contributed by atoms with Gasteiger partial charge in [-0.05, 0) is 83.2 Å². The van der Waals surface area contributed by atoms with Crippen LogP contribution in [0.25, 0.3) is 65.0 Å². The Bertz CT molecular complexity index is 1860. The number of hydrogen-bond acceptors (Lipinski definition) is 1. The molecule has 7 rings (SSSR count). The molecule has 0 radical (unpaired) electrons. The number of ether oxygens (including phenoxy) is 1. The summed E-state index contributed by atoms with van der Waals surface area (Å²) in [5, 5.41) is 13.1. The molecule has 0 bridgehead atoms. The van der Waals surface area contributed by atoms with Gasteiger partial charge in [0.15, 0.2) is 0 Å². The first-order valence-corrected chi connectivity index (χ1v) is 11.7. The van der Waals surface area contributed by atoms with E-state index >= 15 is 0 Å². The van der Waals surface area contributed by atoms with Crippen LogP contribution in [-0.2, 0) is 0 Å². The fourth-order valence-corrected chi connectivity index (χ4v) is 5.59. The summed E-state index contributed by atoms with van der Waals surface area (Å²) < 4.78 is 5.37. The predicted octanol–water partition coefficient (Wildman–Crippen LogP) is 9.13. The molecule has 160 valence electrons. The maximum atomic E-state index is 5.37. The van der Waals surface area contributed by atoms with E-state index in [1.807, 2.05) is 12.1 Å². The second kappa shape index (κ2) is 7.33. The molecule has 0 heterocycles. The monoisotopic (exact) mass is 434 g/mol. The molecule has 0 fully saturated rings. The van der Waals surface area contributed by atoms with E-state index in [-0.39, 0.29) is 0 Å². The van der Waals surface area contributed by atoms with Gasteiger partial charge >= 0.3 is 0 Å². The molecule has 0 aliphatic heterocycles. The highest BCUT2D eigenvalue weighted by Gasteiger charge is 2.16. The first kappa shape index (κ1) is 19.1. The Balaban J connectivity index is 1.73. The molecule has 0 amide bonds. The molecule has 7 aromatic carbocycles. The lowest BCUT2D eigenvalue weighted by atomic mass is 9.86. The van der Waals surface area contributed by atoms with Crippen LogP contribution in [0.15, 0.2) is 115 Å². The SMILES string of the molecule is COc1ccc(-c2ccc3c4ccccc4c4c5ccccc5c5ccccc5c4c3c2)cc1. The van der Waals surface area contributed by atoms with Gasteiger partial charge in [0.2, 0.25) is 0 Å². The summed E-state index contributed by atoms with van der Waals surface area (Å²) in [5.74, 6) is 0.874. The van der Waals surface area contributed by atoms with Gasteiger partial charge in [0.25, 0.3) is 0 Å². The van der Waals surface area contributed by atoms with Gasteiger partial charge in [-0.1, -0.05) is 97.1 Å². The Morgan fingerprint density at radius 3 is 1.29 bits per heavy atom. The molecule has 1 nitrogen and oxygen atoms in total. The topological polar surface area (TPSA) is 9.23 Å². The summed E-state index contributed by atoms with van der Waals surface area (Å²) in [6.07, 6.45) is 0. The first-order valence-electron chi connectivity index (χ1n) is 11.7. The van der Waals surface area contributed by atoms with Gasteiger partial charge in [0, 0.05) is 0 Å². The normalized spacial score (nSPS) is 11.7. The van der Waals surface area contributed by atoms with Gasteiger partial charge < -0.3 is 4.74 Å². The molecule has 0 spiro atoms. The van der Waals surface area contributed by atoms with E-state index in [4.69, 9.17) is 4.74 Å². The molecule has 0 aliphatic rings. The van der Waals surface area contributed by atoms with Crippen molar-refractivity contribution in [2.45, 2.75) is 0 Å². The second-order valence-electron chi connectivity index (χ2n) is 8.88. The van der Waals surface area contributed by atoms with Gasteiger partial charge in [-0.25, -0.2) is 0 Å². The van der Waals surface area contributed by atoms with Crippen LogP contribution in [0.4, 0.5) is 0 Å². The maximum absolute atomic E-state index is 5.37. The molecule has 1 heteroatoms. The Morgan fingerprint density at radius 2 is 0.794 bits per heavy atom. The zero-order valence-electron chi connectivity index (χ0n) is 18.9. The second-order valence-corrected chi connectivity index (χ2v) is 8.88. The minimum absolute atomic E-state index is 0.874. The van der Waals surface area contributed by atoms with E-state index in [0.29, 0.717) is 0 Å². The number of methoxy groups -OCH3 is 1. The van der Waals surface area contributed by atoms with Crippen molar-refractivity contribution in [2.24, 2.45) is 0 Å². The Morgan fingerprint density at radius 1 is 0.382 bits per heavy atom. The van der Waals surface area contributed by atoms with Crippen molar-refractivity contribution < 1.29 is 4.74 Å². The number of benzene rings is 7. The van der Waals surface area contributed by atoms with Crippen molar-refractivity contribution in [1.29, 1.82) is 0 Å². The van der Waals surface area contributed by atoms with Gasteiger partial charge in [-0.3, -0.25) is 0 Å². The molecular formula is C33H22O. The number of fused-ring (bicyclic) bond motifs is 11. The van der Waals surface area contributed by atoms with Crippen LogP contribution in [0.3, 0.4) is 0 Å². The van der Waals surface area contributed by atoms with Gasteiger partial charge in [0.1, 0.15) is 5.75 Å². The van der Waals surface area contributed by atoms with Crippen LogP contribution in [0, 0.1) is 0 Å². The van der Waals surface area contributed by atoms with Crippen LogP contribution in [0.5, 0.6) is 5.75 Å². The molecule has 0 aromatic heterocycles. The molecule has 0 N–H and O–H groups in total. The largest absolute Gasteiger partial charge is 0.497 e. The third kappa shape index (κ3) is 2.67. The molecule has 0 saturated heterocycles. The Hall–Kier alpha value is -4.36. The van der Waals surface area contributed by atoms with E-state index in [0.717, 1.165) is 5.75 Å². The average molecular weight is 435 g/mol.